The summed E-state index contributed by atoms with van der Waals surface area (Å²) in [6.45, 7) is 4.51. The van der Waals surface area contributed by atoms with Gasteiger partial charge >= 0.3 is 0 Å². The second kappa shape index (κ2) is 3.32. The molecule has 0 aliphatic heterocycles. The summed E-state index contributed by atoms with van der Waals surface area (Å²) in [6.07, 6.45) is 1.33. The lowest BCUT2D eigenvalue weighted by molar-refractivity contribution is 1.06. The average molecular weight is 81.8 g/mol. The van der Waals surface area contributed by atoms with Gasteiger partial charge in [0.25, 0.3) is 0 Å². The van der Waals surface area contributed by atoms with E-state index in [4.69, 9.17) is 0 Å². The van der Waals surface area contributed by atoms with Gasteiger partial charge in [-0.3, -0.25) is 0 Å². The summed E-state index contributed by atoms with van der Waals surface area (Å²) < 4.78 is 0. The fourth-order valence-corrected chi connectivity index (χ4v) is 0.289. The molecule has 0 aliphatic carbocycles. The van der Waals surface area contributed by atoms with Crippen LogP contribution in [0.1, 0.15) is 6.92 Å². The Bertz CT molecular complexity index is 24.7. The molecular formula is C4H12B2. The number of hydrogen-bond donors (Lipinski definition) is 0. The first-order valence-electron chi connectivity index (χ1n) is 2.81. The first kappa shape index (κ1) is 6.13. The molecule has 0 aromatic rings. The van der Waals surface area contributed by atoms with Crippen molar-refractivity contribution in [3.05, 3.63) is 0 Å². The zero-order valence-corrected chi connectivity index (χ0v) is 4.99. The summed E-state index contributed by atoms with van der Waals surface area (Å²) in [5.74, 6) is 0.935. The van der Waals surface area contributed by atoms with Crippen molar-refractivity contribution >= 4 is 15.1 Å². The van der Waals surface area contributed by atoms with Crippen LogP contribution in [0.15, 0.2) is 0 Å². The molecule has 0 N–H and O–H groups in total. The van der Waals surface area contributed by atoms with Gasteiger partial charge in [0, 0.05) is 0 Å². The zero-order valence-electron chi connectivity index (χ0n) is 4.99. The Labute approximate surface area is 42.0 Å². The molecule has 0 aliphatic rings. The van der Waals surface area contributed by atoms with Gasteiger partial charge in [0.1, 0.15) is 15.1 Å². The van der Waals surface area contributed by atoms with Gasteiger partial charge in [0.05, 0.1) is 0 Å². The molecule has 1 atom stereocenters. The Balaban J connectivity index is 2.75. The lowest BCUT2D eigenvalue weighted by Gasteiger charge is -1.96. The van der Waals surface area contributed by atoms with Crippen molar-refractivity contribution in [3.8, 4) is 0 Å². The summed E-state index contributed by atoms with van der Waals surface area (Å²) in [5, 5.41) is 0. The fraction of sp³-hybridized carbons (Fsp3) is 1.00. The normalized spacial score (nSPS) is 13.7. The van der Waals surface area contributed by atoms with Crippen LogP contribution in [0.2, 0.25) is 19.0 Å². The minimum atomic E-state index is 0.935. The zero-order chi connectivity index (χ0) is 4.99. The van der Waals surface area contributed by atoms with Crippen LogP contribution >= 0.6 is 0 Å². The van der Waals surface area contributed by atoms with E-state index in [2.05, 4.69) is 21.6 Å². The monoisotopic (exact) mass is 82.1 g/mol. The Hall–Kier alpha value is 0.130. The Morgan fingerprint density at radius 2 is 2.33 bits per heavy atom. The minimum Gasteiger partial charge on any atom is -0.0891 e. The van der Waals surface area contributed by atoms with Gasteiger partial charge in [-0.1, -0.05) is 25.9 Å². The minimum absolute atomic E-state index is 0.935. The summed E-state index contributed by atoms with van der Waals surface area (Å²) in [6, 6.07) is 0. The molecule has 0 spiro atoms. The van der Waals surface area contributed by atoms with E-state index in [9.17, 15) is 0 Å². The Morgan fingerprint density at radius 3 is 2.33 bits per heavy atom. The molecule has 0 nitrogen and oxygen atoms in total. The Morgan fingerprint density at radius 1 is 1.83 bits per heavy atom. The summed E-state index contributed by atoms with van der Waals surface area (Å²) in [7, 11) is 3.56. The molecule has 0 aromatic carbocycles. The highest BCUT2D eigenvalue weighted by Crippen LogP contribution is 2.02. The van der Waals surface area contributed by atoms with E-state index in [0.717, 1.165) is 5.82 Å². The van der Waals surface area contributed by atoms with Gasteiger partial charge in [-0.15, -0.1) is 0 Å². The number of rotatable bonds is 2. The van der Waals surface area contributed by atoms with Crippen molar-refractivity contribution < 1.29 is 0 Å². The van der Waals surface area contributed by atoms with Crippen molar-refractivity contribution in [3.63, 3.8) is 0 Å². The van der Waals surface area contributed by atoms with Crippen LogP contribution in [0.3, 0.4) is 0 Å². The van der Waals surface area contributed by atoms with Crippen LogP contribution < -0.4 is 0 Å². The molecule has 34 valence electrons. The predicted molar refractivity (Wildman–Crippen MR) is 35.8 cm³/mol. The smallest absolute Gasteiger partial charge is 0.0891 e. The van der Waals surface area contributed by atoms with E-state index in [1.807, 2.05) is 0 Å². The topological polar surface area (TPSA) is 0 Å². The molecule has 0 heterocycles. The first-order valence-corrected chi connectivity index (χ1v) is 2.81. The lowest BCUT2D eigenvalue weighted by atomic mass is 9.63. The van der Waals surface area contributed by atoms with Gasteiger partial charge in [0.2, 0.25) is 0 Å². The van der Waals surface area contributed by atoms with E-state index in [0.29, 0.717) is 0 Å². The van der Waals surface area contributed by atoms with Crippen molar-refractivity contribution in [2.45, 2.75) is 25.9 Å². The number of hydrogen-bond acceptors (Lipinski definition) is 0. The van der Waals surface area contributed by atoms with Gasteiger partial charge in [-0.2, -0.15) is 0 Å². The molecule has 0 rings (SSSR count). The van der Waals surface area contributed by atoms with Crippen molar-refractivity contribution in [2.24, 2.45) is 0 Å². The van der Waals surface area contributed by atoms with Gasteiger partial charge in [0.15, 0.2) is 0 Å². The van der Waals surface area contributed by atoms with Crippen LogP contribution in [0.25, 0.3) is 0 Å². The molecule has 0 radical (unpaired) electrons. The summed E-state index contributed by atoms with van der Waals surface area (Å²) in [4.78, 5) is 0. The standard InChI is InChI=1S/C4H12B2/c1-4(3-5)6-2/h4,6H,3,5H2,1-2H3. The highest BCUT2D eigenvalue weighted by molar-refractivity contribution is 6.37. The molecule has 0 saturated carbocycles. The molecule has 6 heavy (non-hydrogen) atoms. The first-order chi connectivity index (χ1) is 2.81. The molecule has 0 aromatic heterocycles. The van der Waals surface area contributed by atoms with Gasteiger partial charge < -0.3 is 0 Å². The fourth-order valence-electron chi connectivity index (χ4n) is 0.289. The summed E-state index contributed by atoms with van der Waals surface area (Å²) >= 11 is 0. The SMILES string of the molecule is BCC(C)BC. The molecule has 1 unspecified atom stereocenters. The van der Waals surface area contributed by atoms with Crippen LogP contribution in [-0.4, -0.2) is 15.1 Å². The maximum atomic E-state index is 2.28. The maximum Gasteiger partial charge on any atom is 0.119 e. The molecule has 2 heteroatoms. The quantitative estimate of drug-likeness (QED) is 0.421. The highest BCUT2D eigenvalue weighted by atomic mass is 13.7. The Kier molecular flexibility index (Phi) is 3.40. The molecule has 0 fully saturated rings. The van der Waals surface area contributed by atoms with Gasteiger partial charge in [-0.25, -0.2) is 0 Å². The van der Waals surface area contributed by atoms with E-state index >= 15 is 0 Å². The van der Waals surface area contributed by atoms with Crippen LogP contribution in [0, 0.1) is 0 Å². The van der Waals surface area contributed by atoms with Crippen LogP contribution in [0.4, 0.5) is 0 Å². The average Bonchev–Trinajstić information content (AvgIpc) is 1.65. The largest absolute Gasteiger partial charge is 0.119 e. The van der Waals surface area contributed by atoms with E-state index in [-0.39, 0.29) is 0 Å². The van der Waals surface area contributed by atoms with E-state index in [1.54, 1.807) is 0 Å². The van der Waals surface area contributed by atoms with Crippen LogP contribution in [0.5, 0.6) is 0 Å². The highest BCUT2D eigenvalue weighted by Gasteiger charge is 1.91. The second-order valence-corrected chi connectivity index (χ2v) is 1.92. The van der Waals surface area contributed by atoms with Crippen molar-refractivity contribution in [1.29, 1.82) is 0 Å². The molecular weight excluding hydrogens is 69.7 g/mol. The van der Waals surface area contributed by atoms with Gasteiger partial charge in [-0.05, 0) is 0 Å². The van der Waals surface area contributed by atoms with Crippen molar-refractivity contribution in [1.82, 2.24) is 0 Å². The lowest BCUT2D eigenvalue weighted by Crippen LogP contribution is -1.90. The third-order valence-corrected chi connectivity index (χ3v) is 1.39. The molecule has 0 bridgehead atoms. The molecule has 0 amide bonds. The second-order valence-electron chi connectivity index (χ2n) is 1.92. The maximum absolute atomic E-state index is 2.28. The third kappa shape index (κ3) is 2.37. The van der Waals surface area contributed by atoms with E-state index in [1.165, 1.54) is 13.6 Å². The van der Waals surface area contributed by atoms with Crippen LogP contribution in [-0.2, 0) is 0 Å². The predicted octanol–water partition coefficient (Wildman–Crippen LogP) is 0.331. The summed E-state index contributed by atoms with van der Waals surface area (Å²) in [5.41, 5.74) is 0. The van der Waals surface area contributed by atoms with E-state index < -0.39 is 0 Å². The third-order valence-electron chi connectivity index (χ3n) is 1.39. The van der Waals surface area contributed by atoms with Crippen molar-refractivity contribution in [2.75, 3.05) is 0 Å². The molecule has 0 saturated heterocycles.